The number of carbonyl (C=O) groups is 1. The Morgan fingerprint density at radius 1 is 1.35 bits per heavy atom. The van der Waals surface area contributed by atoms with Gasteiger partial charge in [-0.15, -0.1) is 0 Å². The molecule has 2 N–H and O–H groups in total. The van der Waals surface area contributed by atoms with Crippen LogP contribution in [0.2, 0.25) is 0 Å². The second-order valence-corrected chi connectivity index (χ2v) is 5.43. The predicted molar refractivity (Wildman–Crippen MR) is 69.2 cm³/mol. The van der Waals surface area contributed by atoms with Crippen molar-refractivity contribution >= 4 is 5.97 Å². The Hall–Kier alpha value is -0.610. The van der Waals surface area contributed by atoms with E-state index in [4.69, 9.17) is 5.11 Å². The van der Waals surface area contributed by atoms with Gasteiger partial charge in [-0.2, -0.15) is 0 Å². The number of carboxylic acid groups (broad SMARTS) is 1. The summed E-state index contributed by atoms with van der Waals surface area (Å²) in [4.78, 5) is 13.1. The quantitative estimate of drug-likeness (QED) is 0.742. The molecule has 1 saturated heterocycles. The van der Waals surface area contributed by atoms with Crippen LogP contribution in [0.1, 0.15) is 40.0 Å². The summed E-state index contributed by atoms with van der Waals surface area (Å²) in [7, 11) is 0. The van der Waals surface area contributed by atoms with E-state index in [-0.39, 0.29) is 12.5 Å². The molecule has 1 rings (SSSR count). The standard InChI is InChI=1S/C13H26N2O2/c1-10(2)15(11(3)8-13(16)17)9-12-4-6-14-7-5-12/h10-12,14H,4-9H2,1-3H3,(H,16,17). The molecule has 0 saturated carbocycles. The topological polar surface area (TPSA) is 52.6 Å². The Balaban J connectivity index is 2.49. The van der Waals surface area contributed by atoms with Crippen molar-refractivity contribution in [2.24, 2.45) is 5.92 Å². The zero-order chi connectivity index (χ0) is 12.8. The molecule has 1 atom stereocenters. The molecule has 1 fully saturated rings. The van der Waals surface area contributed by atoms with Gasteiger partial charge in [0.15, 0.2) is 0 Å². The molecule has 1 aliphatic heterocycles. The van der Waals surface area contributed by atoms with Crippen LogP contribution in [0, 0.1) is 5.92 Å². The van der Waals surface area contributed by atoms with E-state index < -0.39 is 5.97 Å². The van der Waals surface area contributed by atoms with E-state index in [0.717, 1.165) is 25.6 Å². The van der Waals surface area contributed by atoms with Gasteiger partial charge in [0.25, 0.3) is 0 Å². The number of carboxylic acids is 1. The van der Waals surface area contributed by atoms with Gasteiger partial charge in [0.2, 0.25) is 0 Å². The van der Waals surface area contributed by atoms with Gasteiger partial charge in [0.05, 0.1) is 6.42 Å². The highest BCUT2D eigenvalue weighted by Gasteiger charge is 2.23. The largest absolute Gasteiger partial charge is 0.481 e. The molecular formula is C13H26N2O2. The maximum absolute atomic E-state index is 10.8. The van der Waals surface area contributed by atoms with Crippen LogP contribution in [-0.4, -0.2) is 47.7 Å². The lowest BCUT2D eigenvalue weighted by molar-refractivity contribution is -0.138. The summed E-state index contributed by atoms with van der Waals surface area (Å²) in [5, 5.41) is 12.2. The third-order valence-corrected chi connectivity index (χ3v) is 3.63. The van der Waals surface area contributed by atoms with Crippen LogP contribution in [-0.2, 0) is 4.79 Å². The van der Waals surface area contributed by atoms with E-state index in [1.54, 1.807) is 0 Å². The van der Waals surface area contributed by atoms with Gasteiger partial charge in [0, 0.05) is 18.6 Å². The third kappa shape index (κ3) is 5.04. The maximum atomic E-state index is 10.8. The highest BCUT2D eigenvalue weighted by atomic mass is 16.4. The fraction of sp³-hybridized carbons (Fsp3) is 0.923. The lowest BCUT2D eigenvalue weighted by Gasteiger charge is -2.36. The fourth-order valence-corrected chi connectivity index (χ4v) is 2.63. The summed E-state index contributed by atoms with van der Waals surface area (Å²) in [5.41, 5.74) is 0. The van der Waals surface area contributed by atoms with Crippen LogP contribution in [0.4, 0.5) is 0 Å². The van der Waals surface area contributed by atoms with Crippen molar-refractivity contribution in [1.29, 1.82) is 0 Å². The van der Waals surface area contributed by atoms with E-state index >= 15 is 0 Å². The van der Waals surface area contributed by atoms with Gasteiger partial charge >= 0.3 is 5.97 Å². The summed E-state index contributed by atoms with van der Waals surface area (Å²) >= 11 is 0. The van der Waals surface area contributed by atoms with Crippen LogP contribution in [0.25, 0.3) is 0 Å². The molecule has 0 aromatic rings. The second kappa shape index (κ2) is 6.97. The van der Waals surface area contributed by atoms with Gasteiger partial charge in [-0.3, -0.25) is 9.69 Å². The number of hydrogen-bond acceptors (Lipinski definition) is 3. The van der Waals surface area contributed by atoms with Crippen LogP contribution in [0.15, 0.2) is 0 Å². The van der Waals surface area contributed by atoms with Crippen molar-refractivity contribution in [1.82, 2.24) is 10.2 Å². The molecule has 1 unspecified atom stereocenters. The second-order valence-electron chi connectivity index (χ2n) is 5.43. The number of aliphatic carboxylic acids is 1. The van der Waals surface area contributed by atoms with Crippen molar-refractivity contribution in [3.63, 3.8) is 0 Å². The highest BCUT2D eigenvalue weighted by molar-refractivity contribution is 5.67. The molecule has 0 aromatic heterocycles. The molecule has 0 bridgehead atoms. The molecule has 100 valence electrons. The molecule has 0 aromatic carbocycles. The predicted octanol–water partition coefficient (Wildman–Crippen LogP) is 1.56. The smallest absolute Gasteiger partial charge is 0.304 e. The Kier molecular flexibility index (Phi) is 5.92. The minimum Gasteiger partial charge on any atom is -0.481 e. The van der Waals surface area contributed by atoms with Crippen molar-refractivity contribution in [2.45, 2.75) is 52.1 Å². The van der Waals surface area contributed by atoms with Gasteiger partial charge in [-0.1, -0.05) is 0 Å². The Labute approximate surface area is 104 Å². The van der Waals surface area contributed by atoms with Gasteiger partial charge < -0.3 is 10.4 Å². The first-order valence-electron chi connectivity index (χ1n) is 6.69. The first kappa shape index (κ1) is 14.5. The monoisotopic (exact) mass is 242 g/mol. The normalized spacial score (nSPS) is 19.8. The average molecular weight is 242 g/mol. The highest BCUT2D eigenvalue weighted by Crippen LogP contribution is 2.18. The molecule has 0 aliphatic carbocycles. The molecule has 4 nitrogen and oxygen atoms in total. The van der Waals surface area contributed by atoms with Crippen LogP contribution < -0.4 is 5.32 Å². The lowest BCUT2D eigenvalue weighted by atomic mass is 9.96. The Morgan fingerprint density at radius 3 is 2.41 bits per heavy atom. The summed E-state index contributed by atoms with van der Waals surface area (Å²) < 4.78 is 0. The minimum absolute atomic E-state index is 0.127. The average Bonchev–Trinajstić information content (AvgIpc) is 2.25. The SMILES string of the molecule is CC(C)N(CC1CCNCC1)C(C)CC(=O)O. The summed E-state index contributed by atoms with van der Waals surface area (Å²) in [5.74, 6) is 0.0170. The van der Waals surface area contributed by atoms with Crippen molar-refractivity contribution in [3.05, 3.63) is 0 Å². The van der Waals surface area contributed by atoms with E-state index in [1.807, 2.05) is 6.92 Å². The molecule has 0 amide bonds. The number of nitrogens with zero attached hydrogens (tertiary/aromatic N) is 1. The van der Waals surface area contributed by atoms with E-state index in [2.05, 4.69) is 24.1 Å². The molecule has 17 heavy (non-hydrogen) atoms. The summed E-state index contributed by atoms with van der Waals surface area (Å²) in [6.07, 6.45) is 2.66. The number of piperidine rings is 1. The molecule has 1 heterocycles. The zero-order valence-corrected chi connectivity index (χ0v) is 11.3. The molecule has 1 aliphatic rings. The van der Waals surface area contributed by atoms with E-state index in [9.17, 15) is 4.79 Å². The van der Waals surface area contributed by atoms with Crippen molar-refractivity contribution in [2.75, 3.05) is 19.6 Å². The van der Waals surface area contributed by atoms with Gasteiger partial charge in [0.1, 0.15) is 0 Å². The van der Waals surface area contributed by atoms with E-state index in [1.165, 1.54) is 12.8 Å². The number of hydrogen-bond donors (Lipinski definition) is 2. The summed E-state index contributed by atoms with van der Waals surface area (Å²) in [6.45, 7) is 9.57. The zero-order valence-electron chi connectivity index (χ0n) is 11.3. The van der Waals surface area contributed by atoms with Crippen molar-refractivity contribution < 1.29 is 9.90 Å². The molecular weight excluding hydrogens is 216 g/mol. The first-order chi connectivity index (χ1) is 8.00. The van der Waals surface area contributed by atoms with Gasteiger partial charge in [-0.25, -0.2) is 0 Å². The number of rotatable bonds is 6. The Morgan fingerprint density at radius 2 is 1.94 bits per heavy atom. The van der Waals surface area contributed by atoms with Crippen LogP contribution in [0.5, 0.6) is 0 Å². The Bertz CT molecular complexity index is 238. The van der Waals surface area contributed by atoms with Crippen LogP contribution in [0.3, 0.4) is 0 Å². The summed E-state index contributed by atoms with van der Waals surface area (Å²) in [6, 6.07) is 0.543. The number of nitrogens with one attached hydrogen (secondary N) is 1. The fourth-order valence-electron chi connectivity index (χ4n) is 2.63. The molecule has 0 radical (unpaired) electrons. The minimum atomic E-state index is -0.700. The lowest BCUT2D eigenvalue weighted by Crippen LogP contribution is -2.44. The molecule has 0 spiro atoms. The first-order valence-corrected chi connectivity index (χ1v) is 6.69. The molecule has 4 heteroatoms. The maximum Gasteiger partial charge on any atom is 0.304 e. The van der Waals surface area contributed by atoms with Crippen molar-refractivity contribution in [3.8, 4) is 0 Å². The van der Waals surface area contributed by atoms with Gasteiger partial charge in [-0.05, 0) is 52.6 Å². The van der Waals surface area contributed by atoms with E-state index in [0.29, 0.717) is 6.04 Å². The third-order valence-electron chi connectivity index (χ3n) is 3.63. The van der Waals surface area contributed by atoms with Crippen LogP contribution >= 0.6 is 0 Å².